The van der Waals surface area contributed by atoms with Crippen LogP contribution in [0.15, 0.2) is 47.4 Å². The van der Waals surface area contributed by atoms with Crippen LogP contribution >= 0.6 is 0 Å². The van der Waals surface area contributed by atoms with Gasteiger partial charge in [0, 0.05) is 30.2 Å². The fraction of sp³-hybridized carbons (Fsp3) is 0.304. The molecule has 0 saturated carbocycles. The van der Waals surface area contributed by atoms with Crippen molar-refractivity contribution in [3.8, 4) is 5.75 Å². The van der Waals surface area contributed by atoms with Crippen molar-refractivity contribution in [1.29, 1.82) is 0 Å². The second-order valence-corrected chi connectivity index (χ2v) is 9.69. The van der Waals surface area contributed by atoms with Crippen molar-refractivity contribution < 1.29 is 22.3 Å². The lowest BCUT2D eigenvalue weighted by Gasteiger charge is -2.26. The lowest BCUT2D eigenvalue weighted by molar-refractivity contribution is 0.102. The minimum atomic E-state index is -3.68. The van der Waals surface area contributed by atoms with E-state index in [1.807, 2.05) is 0 Å². The third-order valence-electron chi connectivity index (χ3n) is 5.52. The Balaban J connectivity index is 1.71. The Morgan fingerprint density at radius 1 is 1.09 bits per heavy atom. The number of ether oxygens (including phenoxy) is 1. The van der Waals surface area contributed by atoms with E-state index in [2.05, 4.69) is 10.3 Å². The number of hydrogen-bond donors (Lipinski definition) is 1. The van der Waals surface area contributed by atoms with Crippen LogP contribution in [0.25, 0.3) is 10.9 Å². The van der Waals surface area contributed by atoms with Gasteiger partial charge in [-0.15, -0.1) is 0 Å². The first kappa shape index (κ1) is 22.2. The van der Waals surface area contributed by atoms with Crippen molar-refractivity contribution in [3.05, 3.63) is 59.5 Å². The van der Waals surface area contributed by atoms with E-state index in [1.165, 1.54) is 47.8 Å². The van der Waals surface area contributed by atoms with Gasteiger partial charge in [-0.1, -0.05) is 6.42 Å². The molecule has 0 atom stereocenters. The summed E-state index contributed by atoms with van der Waals surface area (Å²) in [5.41, 5.74) is 1.46. The molecule has 32 heavy (non-hydrogen) atoms. The number of aryl methyl sites for hydroxylation is 1. The third kappa shape index (κ3) is 4.31. The molecule has 0 spiro atoms. The SMILES string of the molecule is COc1ccc(S(=O)(=O)N2CCCCC2)cc1NC(=O)c1cc(C)nc2cc(F)ccc12. The highest BCUT2D eigenvalue weighted by Crippen LogP contribution is 2.31. The number of nitrogens with zero attached hydrogens (tertiary/aromatic N) is 2. The van der Waals surface area contributed by atoms with Crippen LogP contribution in [0.4, 0.5) is 10.1 Å². The standard InChI is InChI=1S/C23H24FN3O4S/c1-15-12-19(18-8-6-16(24)13-20(18)25-15)23(28)26-21-14-17(7-9-22(21)31-2)32(29,30)27-10-4-3-5-11-27/h6-9,12-14H,3-5,10-11H2,1-2H3,(H,26,28). The molecule has 0 radical (unpaired) electrons. The molecule has 1 fully saturated rings. The van der Waals surface area contributed by atoms with Gasteiger partial charge in [0.15, 0.2) is 0 Å². The van der Waals surface area contributed by atoms with Crippen molar-refractivity contribution in [2.75, 3.05) is 25.5 Å². The molecule has 7 nitrogen and oxygen atoms in total. The Morgan fingerprint density at radius 2 is 1.84 bits per heavy atom. The summed E-state index contributed by atoms with van der Waals surface area (Å²) in [5.74, 6) is -0.589. The van der Waals surface area contributed by atoms with Crippen LogP contribution in [0, 0.1) is 12.7 Å². The highest BCUT2D eigenvalue weighted by atomic mass is 32.2. The molecule has 1 N–H and O–H groups in total. The number of piperidine rings is 1. The predicted molar refractivity (Wildman–Crippen MR) is 120 cm³/mol. The highest BCUT2D eigenvalue weighted by molar-refractivity contribution is 7.89. The number of methoxy groups -OCH3 is 1. The number of sulfonamides is 1. The molecule has 2 aromatic carbocycles. The van der Waals surface area contributed by atoms with Gasteiger partial charge in [0.2, 0.25) is 10.0 Å². The second kappa shape index (κ2) is 8.84. The number of carbonyl (C=O) groups is 1. The Bertz CT molecular complexity index is 1280. The van der Waals surface area contributed by atoms with Crippen LogP contribution < -0.4 is 10.1 Å². The lowest BCUT2D eigenvalue weighted by Crippen LogP contribution is -2.35. The predicted octanol–water partition coefficient (Wildman–Crippen LogP) is 4.12. The molecule has 0 bridgehead atoms. The van der Waals surface area contributed by atoms with E-state index in [-0.39, 0.29) is 10.6 Å². The van der Waals surface area contributed by atoms with E-state index in [0.29, 0.717) is 41.0 Å². The average molecular weight is 458 g/mol. The Morgan fingerprint density at radius 3 is 2.56 bits per heavy atom. The molecule has 0 aliphatic carbocycles. The number of amides is 1. The second-order valence-electron chi connectivity index (χ2n) is 7.75. The van der Waals surface area contributed by atoms with Gasteiger partial charge in [-0.25, -0.2) is 12.8 Å². The lowest BCUT2D eigenvalue weighted by atomic mass is 10.1. The molecule has 1 aliphatic rings. The largest absolute Gasteiger partial charge is 0.495 e. The summed E-state index contributed by atoms with van der Waals surface area (Å²) in [7, 11) is -2.24. The molecule has 1 amide bonds. The van der Waals surface area contributed by atoms with E-state index in [9.17, 15) is 17.6 Å². The van der Waals surface area contributed by atoms with E-state index < -0.39 is 21.7 Å². The summed E-state index contributed by atoms with van der Waals surface area (Å²) >= 11 is 0. The first-order valence-electron chi connectivity index (χ1n) is 10.4. The number of nitrogens with one attached hydrogen (secondary N) is 1. The molecule has 168 valence electrons. The van der Waals surface area contributed by atoms with Gasteiger partial charge in [-0.3, -0.25) is 9.78 Å². The summed E-state index contributed by atoms with van der Waals surface area (Å²) in [6, 6.07) is 10.1. The monoisotopic (exact) mass is 457 g/mol. The van der Waals surface area contributed by atoms with E-state index in [0.717, 1.165) is 19.3 Å². The topological polar surface area (TPSA) is 88.6 Å². The summed E-state index contributed by atoms with van der Waals surface area (Å²) in [6.07, 6.45) is 2.67. The smallest absolute Gasteiger partial charge is 0.256 e. The maximum atomic E-state index is 13.6. The third-order valence-corrected chi connectivity index (χ3v) is 7.41. The van der Waals surface area contributed by atoms with Gasteiger partial charge >= 0.3 is 0 Å². The minimum Gasteiger partial charge on any atom is -0.495 e. The first-order chi connectivity index (χ1) is 15.3. The first-order valence-corrected chi connectivity index (χ1v) is 11.8. The Labute approximate surface area is 186 Å². The molecule has 2 heterocycles. The van der Waals surface area contributed by atoms with Gasteiger partial charge in [0.05, 0.1) is 28.8 Å². The number of hydrogen-bond acceptors (Lipinski definition) is 5. The number of benzene rings is 2. The molecular formula is C23H24FN3O4S. The van der Waals surface area contributed by atoms with Crippen molar-refractivity contribution in [1.82, 2.24) is 9.29 Å². The number of anilines is 1. The van der Waals surface area contributed by atoms with Crippen LogP contribution in [0.3, 0.4) is 0 Å². The zero-order valence-electron chi connectivity index (χ0n) is 17.9. The highest BCUT2D eigenvalue weighted by Gasteiger charge is 2.27. The number of carbonyl (C=O) groups excluding carboxylic acids is 1. The number of fused-ring (bicyclic) bond motifs is 1. The van der Waals surface area contributed by atoms with Crippen LogP contribution in [0.1, 0.15) is 35.3 Å². The molecule has 1 aliphatic heterocycles. The minimum absolute atomic E-state index is 0.0911. The summed E-state index contributed by atoms with van der Waals surface area (Å²) in [4.78, 5) is 17.5. The molecule has 0 unspecified atom stereocenters. The van der Waals surface area contributed by atoms with E-state index >= 15 is 0 Å². The van der Waals surface area contributed by atoms with Crippen LogP contribution in [0.2, 0.25) is 0 Å². The van der Waals surface area contributed by atoms with E-state index in [1.54, 1.807) is 13.0 Å². The van der Waals surface area contributed by atoms with Crippen LogP contribution in [-0.2, 0) is 10.0 Å². The molecule has 4 rings (SSSR count). The van der Waals surface area contributed by atoms with Gasteiger partial charge in [0.1, 0.15) is 11.6 Å². The van der Waals surface area contributed by atoms with Gasteiger partial charge in [-0.05, 0) is 56.2 Å². The van der Waals surface area contributed by atoms with Crippen molar-refractivity contribution in [3.63, 3.8) is 0 Å². The molecule has 1 aromatic heterocycles. The molecule has 9 heteroatoms. The van der Waals surface area contributed by atoms with Gasteiger partial charge in [-0.2, -0.15) is 4.31 Å². The molecule has 1 saturated heterocycles. The van der Waals surface area contributed by atoms with Crippen molar-refractivity contribution in [2.45, 2.75) is 31.1 Å². The summed E-state index contributed by atoms with van der Waals surface area (Å²) in [5, 5.41) is 3.25. The number of pyridine rings is 1. The molecular weight excluding hydrogens is 433 g/mol. The quantitative estimate of drug-likeness (QED) is 0.623. The zero-order valence-corrected chi connectivity index (χ0v) is 18.7. The number of rotatable bonds is 5. The van der Waals surface area contributed by atoms with Crippen LogP contribution in [0.5, 0.6) is 5.75 Å². The Kier molecular flexibility index (Phi) is 6.12. The normalized spacial score (nSPS) is 15.0. The zero-order chi connectivity index (χ0) is 22.9. The summed E-state index contributed by atoms with van der Waals surface area (Å²) < 4.78 is 46.6. The number of aromatic nitrogens is 1. The summed E-state index contributed by atoms with van der Waals surface area (Å²) in [6.45, 7) is 2.68. The van der Waals surface area contributed by atoms with E-state index in [4.69, 9.17) is 4.74 Å². The van der Waals surface area contributed by atoms with Gasteiger partial charge in [0.25, 0.3) is 5.91 Å². The fourth-order valence-electron chi connectivity index (χ4n) is 3.91. The molecule has 3 aromatic rings. The van der Waals surface area contributed by atoms with Gasteiger partial charge < -0.3 is 10.1 Å². The Hall–Kier alpha value is -3.04. The van der Waals surface area contributed by atoms with Crippen LogP contribution in [-0.4, -0.2) is 43.8 Å². The fourth-order valence-corrected chi connectivity index (χ4v) is 5.45. The van der Waals surface area contributed by atoms with Crippen molar-refractivity contribution in [2.24, 2.45) is 0 Å². The van der Waals surface area contributed by atoms with Crippen molar-refractivity contribution >= 4 is 32.5 Å². The maximum absolute atomic E-state index is 13.6. The number of halogens is 1. The average Bonchev–Trinajstić information content (AvgIpc) is 2.78. The maximum Gasteiger partial charge on any atom is 0.256 e.